The molecular weight excluding hydrogens is 296 g/mol. The maximum Gasteiger partial charge on any atom is 0.331 e. The molecule has 21 heavy (non-hydrogen) atoms. The number of amides is 4. The summed E-state index contributed by atoms with van der Waals surface area (Å²) in [7, 11) is -3.08. The lowest BCUT2D eigenvalue weighted by Crippen LogP contribution is -2.66. The van der Waals surface area contributed by atoms with Crippen LogP contribution < -0.4 is 5.32 Å². The quantitative estimate of drug-likeness (QED) is 0.762. The van der Waals surface area contributed by atoms with Crippen LogP contribution in [0.3, 0.4) is 0 Å². The second kappa shape index (κ2) is 5.40. The van der Waals surface area contributed by atoms with E-state index in [1.165, 1.54) is 0 Å². The van der Waals surface area contributed by atoms with Gasteiger partial charge in [0.15, 0.2) is 0 Å². The van der Waals surface area contributed by atoms with E-state index in [9.17, 15) is 22.8 Å². The zero-order chi connectivity index (χ0) is 15.8. The molecule has 8 heteroatoms. The summed E-state index contributed by atoms with van der Waals surface area (Å²) in [5.74, 6) is -1.12. The average Bonchev–Trinajstić information content (AvgIpc) is 2.42. The molecule has 2 saturated heterocycles. The number of hydrogen-bond donors (Lipinski definition) is 1. The van der Waals surface area contributed by atoms with E-state index in [1.807, 2.05) is 0 Å². The number of nitrogens with one attached hydrogen (secondary N) is 1. The van der Waals surface area contributed by atoms with Crippen molar-refractivity contribution in [1.29, 1.82) is 0 Å². The molecule has 0 aromatic heterocycles. The van der Waals surface area contributed by atoms with Gasteiger partial charge in [-0.1, -0.05) is 13.8 Å². The second-order valence-electron chi connectivity index (χ2n) is 5.61. The molecule has 0 radical (unpaired) electrons. The average molecular weight is 316 g/mol. The molecule has 2 rings (SSSR count). The van der Waals surface area contributed by atoms with Crippen LogP contribution in [0, 0.1) is 5.41 Å². The number of carbonyl (C=O) groups is 3. The molecule has 0 spiro atoms. The van der Waals surface area contributed by atoms with Gasteiger partial charge in [0.25, 0.3) is 0 Å². The fourth-order valence-electron chi connectivity index (χ4n) is 3.04. The Morgan fingerprint density at radius 2 is 1.67 bits per heavy atom. The molecule has 2 aliphatic heterocycles. The van der Waals surface area contributed by atoms with Gasteiger partial charge in [-0.2, -0.15) is 0 Å². The first kappa shape index (κ1) is 15.9. The first-order valence-electron chi connectivity index (χ1n) is 7.17. The molecule has 2 heterocycles. The van der Waals surface area contributed by atoms with Crippen molar-refractivity contribution in [2.24, 2.45) is 5.41 Å². The minimum atomic E-state index is -3.08. The Hall–Kier alpha value is -1.44. The second-order valence-corrected chi connectivity index (χ2v) is 7.91. The molecule has 7 nitrogen and oxygen atoms in total. The van der Waals surface area contributed by atoms with Gasteiger partial charge in [-0.05, 0) is 25.7 Å². The highest BCUT2D eigenvalue weighted by atomic mass is 32.2. The smallest absolute Gasteiger partial charge is 0.277 e. The molecule has 1 N–H and O–H groups in total. The van der Waals surface area contributed by atoms with Crippen LogP contribution in [-0.2, 0) is 19.4 Å². The number of imide groups is 2. The Kier molecular flexibility index (Phi) is 4.10. The molecule has 0 unspecified atom stereocenters. The van der Waals surface area contributed by atoms with E-state index in [1.54, 1.807) is 13.8 Å². The van der Waals surface area contributed by atoms with Gasteiger partial charge in [0.1, 0.15) is 15.3 Å². The van der Waals surface area contributed by atoms with Crippen LogP contribution in [0.4, 0.5) is 4.79 Å². The third-order valence-electron chi connectivity index (χ3n) is 4.60. The summed E-state index contributed by atoms with van der Waals surface area (Å²) in [5.41, 5.74) is -1.22. The molecule has 4 amide bonds. The molecule has 0 saturated carbocycles. The molecule has 0 aliphatic carbocycles. The molecule has 0 atom stereocenters. The van der Waals surface area contributed by atoms with E-state index >= 15 is 0 Å². The number of hydrogen-bond acceptors (Lipinski definition) is 5. The lowest BCUT2D eigenvalue weighted by molar-refractivity contribution is -0.153. The van der Waals surface area contributed by atoms with E-state index in [2.05, 4.69) is 5.32 Å². The van der Waals surface area contributed by atoms with E-state index in [0.29, 0.717) is 12.8 Å². The van der Waals surface area contributed by atoms with Crippen molar-refractivity contribution in [3.05, 3.63) is 0 Å². The van der Waals surface area contributed by atoms with Crippen molar-refractivity contribution >= 4 is 27.7 Å². The first-order valence-corrected chi connectivity index (χ1v) is 8.99. The first-order chi connectivity index (χ1) is 9.77. The van der Waals surface area contributed by atoms with Crippen LogP contribution in [0.5, 0.6) is 0 Å². The predicted molar refractivity (Wildman–Crippen MR) is 75.1 cm³/mol. The lowest BCUT2D eigenvalue weighted by Gasteiger charge is -2.42. The van der Waals surface area contributed by atoms with Gasteiger partial charge in [-0.3, -0.25) is 19.8 Å². The van der Waals surface area contributed by atoms with Gasteiger partial charge in [-0.25, -0.2) is 13.2 Å². The van der Waals surface area contributed by atoms with Gasteiger partial charge in [0, 0.05) is 6.04 Å². The molecule has 0 aromatic rings. The van der Waals surface area contributed by atoms with Crippen LogP contribution in [-0.4, -0.2) is 48.7 Å². The number of nitrogens with zero attached hydrogens (tertiary/aromatic N) is 1. The predicted octanol–water partition coefficient (Wildman–Crippen LogP) is 0.448. The molecule has 0 aromatic carbocycles. The third-order valence-corrected chi connectivity index (χ3v) is 6.31. The highest BCUT2D eigenvalue weighted by Gasteiger charge is 2.53. The summed E-state index contributed by atoms with van der Waals surface area (Å²) in [6, 6.07) is -1.18. The minimum Gasteiger partial charge on any atom is -0.277 e. The summed E-state index contributed by atoms with van der Waals surface area (Å²) in [6.07, 6.45) is 1.09. The van der Waals surface area contributed by atoms with Gasteiger partial charge in [0.2, 0.25) is 11.8 Å². The highest BCUT2D eigenvalue weighted by molar-refractivity contribution is 7.91. The zero-order valence-corrected chi connectivity index (χ0v) is 13.0. The maximum absolute atomic E-state index is 12.7. The van der Waals surface area contributed by atoms with Gasteiger partial charge >= 0.3 is 6.03 Å². The standard InChI is InChI=1S/C13H20N2O5S/c1-3-13(4-2)10(16)14-12(18)15(11(13)17)9-5-7-21(19,20)8-6-9/h9H,3-8H2,1-2H3,(H,14,16,18). The lowest BCUT2D eigenvalue weighted by atomic mass is 9.78. The number of barbiturate groups is 1. The van der Waals surface area contributed by atoms with Crippen LogP contribution in [0.25, 0.3) is 0 Å². The minimum absolute atomic E-state index is 0.0338. The SMILES string of the molecule is CCC1(CC)C(=O)NC(=O)N(C2CCS(=O)(=O)CC2)C1=O. The number of rotatable bonds is 3. The van der Waals surface area contributed by atoms with Crippen molar-refractivity contribution in [1.82, 2.24) is 10.2 Å². The Balaban J connectivity index is 2.29. The van der Waals surface area contributed by atoms with Crippen molar-refractivity contribution in [2.45, 2.75) is 45.6 Å². The Labute approximate surface area is 124 Å². The normalized spacial score (nSPS) is 25.8. The summed E-state index contributed by atoms with van der Waals surface area (Å²) in [6.45, 7) is 3.47. The van der Waals surface area contributed by atoms with E-state index in [0.717, 1.165) is 4.90 Å². The fraction of sp³-hybridized carbons (Fsp3) is 0.769. The van der Waals surface area contributed by atoms with Crippen molar-refractivity contribution in [3.8, 4) is 0 Å². The van der Waals surface area contributed by atoms with E-state index in [-0.39, 0.29) is 24.3 Å². The van der Waals surface area contributed by atoms with Crippen molar-refractivity contribution < 1.29 is 22.8 Å². The monoisotopic (exact) mass is 316 g/mol. The van der Waals surface area contributed by atoms with Crippen molar-refractivity contribution in [2.75, 3.05) is 11.5 Å². The Morgan fingerprint density at radius 1 is 1.14 bits per heavy atom. The third kappa shape index (κ3) is 2.56. The largest absolute Gasteiger partial charge is 0.331 e. The van der Waals surface area contributed by atoms with Gasteiger partial charge in [-0.15, -0.1) is 0 Å². The van der Waals surface area contributed by atoms with Crippen molar-refractivity contribution in [3.63, 3.8) is 0 Å². The van der Waals surface area contributed by atoms with Gasteiger partial charge in [0.05, 0.1) is 11.5 Å². The molecule has 118 valence electrons. The van der Waals surface area contributed by atoms with Crippen LogP contribution in [0.1, 0.15) is 39.5 Å². The Bertz CT molecular complexity index is 565. The van der Waals surface area contributed by atoms with E-state index in [4.69, 9.17) is 0 Å². The van der Waals surface area contributed by atoms with Crippen LogP contribution in [0.15, 0.2) is 0 Å². The molecule has 2 aliphatic rings. The summed E-state index contributed by atoms with van der Waals surface area (Å²) in [4.78, 5) is 37.8. The zero-order valence-electron chi connectivity index (χ0n) is 12.2. The maximum atomic E-state index is 12.7. The summed E-state index contributed by atoms with van der Waals surface area (Å²) in [5, 5.41) is 2.25. The van der Waals surface area contributed by atoms with Gasteiger partial charge < -0.3 is 0 Å². The number of urea groups is 1. The molecule has 0 bridgehead atoms. The van der Waals surface area contributed by atoms with Crippen LogP contribution in [0.2, 0.25) is 0 Å². The highest BCUT2D eigenvalue weighted by Crippen LogP contribution is 2.34. The molecule has 2 fully saturated rings. The van der Waals surface area contributed by atoms with Crippen LogP contribution >= 0.6 is 0 Å². The topological polar surface area (TPSA) is 101 Å². The summed E-state index contributed by atoms with van der Waals surface area (Å²) < 4.78 is 23.0. The summed E-state index contributed by atoms with van der Waals surface area (Å²) >= 11 is 0. The number of carbonyl (C=O) groups excluding carboxylic acids is 3. The number of sulfone groups is 1. The molecular formula is C13H20N2O5S. The van der Waals surface area contributed by atoms with E-state index < -0.39 is 39.1 Å². The Morgan fingerprint density at radius 3 is 2.14 bits per heavy atom. The fourth-order valence-corrected chi connectivity index (χ4v) is 4.50.